The van der Waals surface area contributed by atoms with Gasteiger partial charge in [-0.2, -0.15) is 4.98 Å². The minimum absolute atomic E-state index is 0.0112. The fourth-order valence-electron chi connectivity index (χ4n) is 1.99. The van der Waals surface area contributed by atoms with Crippen molar-refractivity contribution in [3.05, 3.63) is 34.3 Å². The number of nitrogens with one attached hydrogen (secondary N) is 1. The Morgan fingerprint density at radius 1 is 1.33 bits per heavy atom. The predicted molar refractivity (Wildman–Crippen MR) is 92.7 cm³/mol. The number of carboxylic acid groups (broad SMARTS) is 1. The van der Waals surface area contributed by atoms with E-state index in [-0.39, 0.29) is 17.3 Å². The first kappa shape index (κ1) is 18.2. The SMILES string of the molecule is COc1ccc(CNc2nc(SC)nc(OC)c2C(=O)O)cc1Cl. The Kier molecular flexibility index (Phi) is 6.10. The Morgan fingerprint density at radius 3 is 2.62 bits per heavy atom. The smallest absolute Gasteiger partial charge is 0.345 e. The third-order valence-corrected chi connectivity index (χ3v) is 3.96. The Labute approximate surface area is 148 Å². The molecule has 0 radical (unpaired) electrons. The summed E-state index contributed by atoms with van der Waals surface area (Å²) >= 11 is 7.38. The lowest BCUT2D eigenvalue weighted by Crippen LogP contribution is -2.12. The van der Waals surface area contributed by atoms with Crippen LogP contribution in [-0.4, -0.2) is 41.5 Å². The van der Waals surface area contributed by atoms with E-state index in [0.717, 1.165) is 5.56 Å². The van der Waals surface area contributed by atoms with E-state index in [1.54, 1.807) is 18.4 Å². The van der Waals surface area contributed by atoms with E-state index in [4.69, 9.17) is 21.1 Å². The lowest BCUT2D eigenvalue weighted by atomic mass is 10.2. The molecular formula is C15H16ClN3O4S. The van der Waals surface area contributed by atoms with Crippen molar-refractivity contribution in [1.82, 2.24) is 9.97 Å². The molecule has 0 fully saturated rings. The number of carboxylic acids is 1. The van der Waals surface area contributed by atoms with Crippen LogP contribution in [0.2, 0.25) is 5.02 Å². The Morgan fingerprint density at radius 2 is 2.08 bits per heavy atom. The van der Waals surface area contributed by atoms with Gasteiger partial charge in [0.15, 0.2) is 10.7 Å². The standard InChI is InChI=1S/C15H16ClN3O4S/c1-22-10-5-4-8(6-9(10)16)7-17-12-11(14(20)21)13(23-2)19-15(18-12)24-3/h4-6H,7H2,1-3H3,(H,20,21)(H,17,18,19). The van der Waals surface area contributed by atoms with Gasteiger partial charge in [-0.1, -0.05) is 29.4 Å². The van der Waals surface area contributed by atoms with Crippen molar-refractivity contribution in [1.29, 1.82) is 0 Å². The average molecular weight is 370 g/mol. The van der Waals surface area contributed by atoms with Crippen molar-refractivity contribution < 1.29 is 19.4 Å². The molecular weight excluding hydrogens is 354 g/mol. The lowest BCUT2D eigenvalue weighted by Gasteiger charge is -2.13. The van der Waals surface area contributed by atoms with Crippen molar-refractivity contribution in [2.24, 2.45) is 0 Å². The monoisotopic (exact) mass is 369 g/mol. The van der Waals surface area contributed by atoms with E-state index in [9.17, 15) is 9.90 Å². The zero-order valence-corrected chi connectivity index (χ0v) is 14.9. The van der Waals surface area contributed by atoms with Gasteiger partial charge in [0, 0.05) is 6.54 Å². The highest BCUT2D eigenvalue weighted by atomic mass is 35.5. The first-order valence-corrected chi connectivity index (χ1v) is 8.40. The minimum atomic E-state index is -1.17. The molecule has 9 heteroatoms. The van der Waals surface area contributed by atoms with E-state index < -0.39 is 5.97 Å². The average Bonchev–Trinajstić information content (AvgIpc) is 2.58. The molecule has 24 heavy (non-hydrogen) atoms. The van der Waals surface area contributed by atoms with Gasteiger partial charge < -0.3 is 19.9 Å². The quantitative estimate of drug-likeness (QED) is 0.567. The molecule has 0 bridgehead atoms. The van der Waals surface area contributed by atoms with Crippen LogP contribution in [0, 0.1) is 0 Å². The fraction of sp³-hybridized carbons (Fsp3) is 0.267. The number of hydrogen-bond donors (Lipinski definition) is 2. The van der Waals surface area contributed by atoms with Gasteiger partial charge in [0.05, 0.1) is 19.2 Å². The zero-order valence-electron chi connectivity index (χ0n) is 13.3. The van der Waals surface area contributed by atoms with Crippen LogP contribution in [0.5, 0.6) is 11.6 Å². The van der Waals surface area contributed by atoms with Crippen LogP contribution < -0.4 is 14.8 Å². The van der Waals surface area contributed by atoms with Crippen LogP contribution in [-0.2, 0) is 6.54 Å². The fourth-order valence-corrected chi connectivity index (χ4v) is 2.62. The molecule has 0 saturated carbocycles. The van der Waals surface area contributed by atoms with Crippen LogP contribution in [0.4, 0.5) is 5.82 Å². The molecule has 0 spiro atoms. The highest BCUT2D eigenvalue weighted by Crippen LogP contribution is 2.28. The third-order valence-electron chi connectivity index (χ3n) is 3.12. The first-order valence-electron chi connectivity index (χ1n) is 6.79. The molecule has 1 aromatic carbocycles. The van der Waals surface area contributed by atoms with Crippen LogP contribution in [0.1, 0.15) is 15.9 Å². The summed E-state index contributed by atoms with van der Waals surface area (Å²) < 4.78 is 10.2. The Balaban J connectivity index is 2.31. The summed E-state index contributed by atoms with van der Waals surface area (Å²) in [5, 5.41) is 13.3. The number of benzene rings is 1. The summed E-state index contributed by atoms with van der Waals surface area (Å²) in [7, 11) is 2.90. The molecule has 0 aliphatic carbocycles. The molecule has 0 saturated heterocycles. The molecule has 0 atom stereocenters. The third kappa shape index (κ3) is 4.01. The molecule has 1 aromatic heterocycles. The molecule has 7 nitrogen and oxygen atoms in total. The van der Waals surface area contributed by atoms with Crippen LogP contribution in [0.15, 0.2) is 23.4 Å². The summed E-state index contributed by atoms with van der Waals surface area (Å²) in [5.74, 6) is -0.405. The van der Waals surface area contributed by atoms with Gasteiger partial charge in [-0.25, -0.2) is 9.78 Å². The number of aromatic carboxylic acids is 1. The second-order valence-electron chi connectivity index (χ2n) is 4.57. The molecule has 128 valence electrons. The molecule has 0 aliphatic heterocycles. The van der Waals surface area contributed by atoms with Crippen molar-refractivity contribution in [3.8, 4) is 11.6 Å². The lowest BCUT2D eigenvalue weighted by molar-refractivity contribution is 0.0692. The topological polar surface area (TPSA) is 93.6 Å². The Hall–Kier alpha value is -2.19. The highest BCUT2D eigenvalue weighted by Gasteiger charge is 2.21. The van der Waals surface area contributed by atoms with Gasteiger partial charge in [-0.15, -0.1) is 0 Å². The number of anilines is 1. The molecule has 1 heterocycles. The number of thioether (sulfide) groups is 1. The number of halogens is 1. The molecule has 2 aromatic rings. The Bertz CT molecular complexity index is 758. The second-order valence-corrected chi connectivity index (χ2v) is 5.75. The number of nitrogens with zero attached hydrogens (tertiary/aromatic N) is 2. The van der Waals surface area contributed by atoms with Gasteiger partial charge in [-0.3, -0.25) is 0 Å². The number of aromatic nitrogens is 2. The number of methoxy groups -OCH3 is 2. The van der Waals surface area contributed by atoms with Gasteiger partial charge >= 0.3 is 5.97 Å². The van der Waals surface area contributed by atoms with Crippen LogP contribution >= 0.6 is 23.4 Å². The van der Waals surface area contributed by atoms with Gasteiger partial charge in [0.2, 0.25) is 5.88 Å². The van der Waals surface area contributed by atoms with E-state index in [1.165, 1.54) is 26.0 Å². The summed E-state index contributed by atoms with van der Waals surface area (Å²) in [6, 6.07) is 5.30. The zero-order chi connectivity index (χ0) is 17.7. The van der Waals surface area contributed by atoms with E-state index >= 15 is 0 Å². The molecule has 0 aliphatic rings. The summed E-state index contributed by atoms with van der Waals surface area (Å²) in [5.41, 5.74) is 0.732. The normalized spacial score (nSPS) is 10.3. The predicted octanol–water partition coefficient (Wildman–Crippen LogP) is 3.18. The van der Waals surface area contributed by atoms with E-state index in [0.29, 0.717) is 22.5 Å². The largest absolute Gasteiger partial charge is 0.495 e. The van der Waals surface area contributed by atoms with Crippen LogP contribution in [0.25, 0.3) is 0 Å². The number of hydrogen-bond acceptors (Lipinski definition) is 7. The molecule has 0 unspecified atom stereocenters. The van der Waals surface area contributed by atoms with Crippen molar-refractivity contribution in [2.45, 2.75) is 11.7 Å². The van der Waals surface area contributed by atoms with Gasteiger partial charge in [0.1, 0.15) is 11.6 Å². The van der Waals surface area contributed by atoms with Crippen molar-refractivity contribution in [2.75, 3.05) is 25.8 Å². The highest BCUT2D eigenvalue weighted by molar-refractivity contribution is 7.98. The maximum absolute atomic E-state index is 11.5. The number of rotatable bonds is 7. The minimum Gasteiger partial charge on any atom is -0.495 e. The summed E-state index contributed by atoms with van der Waals surface area (Å²) in [6.07, 6.45) is 1.79. The first-order chi connectivity index (χ1) is 11.5. The maximum atomic E-state index is 11.5. The van der Waals surface area contributed by atoms with E-state index in [2.05, 4.69) is 15.3 Å². The molecule has 2 rings (SSSR count). The molecule has 0 amide bonds. The van der Waals surface area contributed by atoms with Gasteiger partial charge in [-0.05, 0) is 24.0 Å². The number of carbonyl (C=O) groups is 1. The van der Waals surface area contributed by atoms with Crippen molar-refractivity contribution >= 4 is 35.1 Å². The number of ether oxygens (including phenoxy) is 2. The summed E-state index contributed by atoms with van der Waals surface area (Å²) in [6.45, 7) is 0.331. The van der Waals surface area contributed by atoms with Crippen molar-refractivity contribution in [3.63, 3.8) is 0 Å². The van der Waals surface area contributed by atoms with Gasteiger partial charge in [0.25, 0.3) is 0 Å². The molecule has 2 N–H and O–H groups in total. The second kappa shape index (κ2) is 8.07. The summed E-state index contributed by atoms with van der Waals surface area (Å²) in [4.78, 5) is 19.8. The van der Waals surface area contributed by atoms with Crippen LogP contribution in [0.3, 0.4) is 0 Å². The van der Waals surface area contributed by atoms with E-state index in [1.807, 2.05) is 6.07 Å². The maximum Gasteiger partial charge on any atom is 0.345 e.